The van der Waals surface area contributed by atoms with E-state index in [0.29, 0.717) is 18.9 Å². The van der Waals surface area contributed by atoms with Gasteiger partial charge in [-0.2, -0.15) is 0 Å². The highest BCUT2D eigenvalue weighted by Gasteiger charge is 2.39. The van der Waals surface area contributed by atoms with Gasteiger partial charge >= 0.3 is 5.97 Å². The van der Waals surface area contributed by atoms with Gasteiger partial charge in [-0.15, -0.1) is 0 Å². The van der Waals surface area contributed by atoms with Crippen LogP contribution in [0.2, 0.25) is 0 Å². The smallest absolute Gasteiger partial charge is 0.325 e. The Balaban J connectivity index is 1.64. The summed E-state index contributed by atoms with van der Waals surface area (Å²) in [6.07, 6.45) is 1.46. The van der Waals surface area contributed by atoms with E-state index in [1.807, 2.05) is 42.5 Å². The molecular formula is C28H37N3O5. The molecule has 36 heavy (non-hydrogen) atoms. The van der Waals surface area contributed by atoms with Crippen LogP contribution in [0.5, 0.6) is 5.75 Å². The number of nitrogens with one attached hydrogen (secondary N) is 2. The number of piperidine rings is 1. The van der Waals surface area contributed by atoms with Crippen LogP contribution in [0.25, 0.3) is 0 Å². The van der Waals surface area contributed by atoms with Crippen molar-refractivity contribution >= 4 is 17.8 Å². The summed E-state index contributed by atoms with van der Waals surface area (Å²) in [6, 6.07) is 17.3. The van der Waals surface area contributed by atoms with Crippen LogP contribution >= 0.6 is 0 Å². The molecule has 1 aliphatic rings. The van der Waals surface area contributed by atoms with E-state index in [-0.39, 0.29) is 36.1 Å². The zero-order chi connectivity index (χ0) is 26.1. The van der Waals surface area contributed by atoms with Crippen molar-refractivity contribution < 1.29 is 24.2 Å². The van der Waals surface area contributed by atoms with Crippen LogP contribution in [0, 0.1) is 11.8 Å². The first-order valence-corrected chi connectivity index (χ1v) is 12.4. The molecule has 8 heteroatoms. The number of hydrogen-bond donors (Lipinski definition) is 3. The third-order valence-corrected chi connectivity index (χ3v) is 7.30. The Bertz CT molecular complexity index is 1040. The number of carbonyl (C=O) groups excluding carboxylic acids is 3. The van der Waals surface area contributed by atoms with Gasteiger partial charge in [0.25, 0.3) is 5.91 Å². The summed E-state index contributed by atoms with van der Waals surface area (Å²) >= 11 is 0. The molecular weight excluding hydrogens is 458 g/mol. The van der Waals surface area contributed by atoms with Crippen LogP contribution in [-0.2, 0) is 31.0 Å². The molecule has 1 heterocycles. The zero-order valence-corrected chi connectivity index (χ0v) is 21.3. The molecule has 3 rings (SSSR count). The summed E-state index contributed by atoms with van der Waals surface area (Å²) in [5.41, 5.74) is 2.11. The Hall–Kier alpha value is -3.39. The van der Waals surface area contributed by atoms with Crippen LogP contribution in [0.1, 0.15) is 31.4 Å². The van der Waals surface area contributed by atoms with Crippen LogP contribution in [0.15, 0.2) is 54.6 Å². The number of nitrogens with zero attached hydrogens (tertiary/aromatic N) is 1. The van der Waals surface area contributed by atoms with Crippen molar-refractivity contribution in [2.45, 2.75) is 32.1 Å². The predicted molar refractivity (Wildman–Crippen MR) is 137 cm³/mol. The predicted octanol–water partition coefficient (Wildman–Crippen LogP) is 2.26. The summed E-state index contributed by atoms with van der Waals surface area (Å²) in [5, 5.41) is 15.0. The van der Waals surface area contributed by atoms with E-state index in [1.165, 1.54) is 7.05 Å². The van der Waals surface area contributed by atoms with Gasteiger partial charge in [-0.1, -0.05) is 56.3 Å². The van der Waals surface area contributed by atoms with Crippen molar-refractivity contribution in [3.8, 4) is 5.75 Å². The summed E-state index contributed by atoms with van der Waals surface area (Å²) in [6.45, 7) is 6.00. The minimum Gasteiger partial charge on any atom is -0.508 e. The highest BCUT2D eigenvalue weighted by molar-refractivity contribution is 5.85. The van der Waals surface area contributed by atoms with Gasteiger partial charge in [-0.3, -0.25) is 14.4 Å². The van der Waals surface area contributed by atoms with Crippen molar-refractivity contribution in [3.63, 3.8) is 0 Å². The van der Waals surface area contributed by atoms with Crippen LogP contribution in [0.4, 0.5) is 0 Å². The maximum Gasteiger partial charge on any atom is 0.325 e. The molecule has 194 valence electrons. The van der Waals surface area contributed by atoms with E-state index in [4.69, 9.17) is 4.74 Å². The number of likely N-dealkylation sites (tertiary alicyclic amines) is 1. The van der Waals surface area contributed by atoms with E-state index in [9.17, 15) is 19.5 Å². The number of phenols is 1. The monoisotopic (exact) mass is 495 g/mol. The van der Waals surface area contributed by atoms with Crippen LogP contribution in [-0.4, -0.2) is 67.6 Å². The van der Waals surface area contributed by atoms with Gasteiger partial charge in [0.1, 0.15) is 12.3 Å². The normalized spacial score (nSPS) is 20.8. The van der Waals surface area contributed by atoms with Gasteiger partial charge in [0.15, 0.2) is 6.61 Å². The number of phenolic OH excluding ortho intramolecular Hbond substituents is 1. The minimum absolute atomic E-state index is 0.0685. The Kier molecular flexibility index (Phi) is 9.47. The molecule has 0 aromatic heterocycles. The topological polar surface area (TPSA) is 108 Å². The molecule has 3 atom stereocenters. The lowest BCUT2D eigenvalue weighted by atomic mass is 9.68. The number of ether oxygens (including phenoxy) is 1. The number of amides is 2. The second kappa shape index (κ2) is 12.5. The second-order valence-corrected chi connectivity index (χ2v) is 9.82. The lowest BCUT2D eigenvalue weighted by Crippen LogP contribution is -2.50. The fraction of sp³-hybridized carbons (Fsp3) is 0.464. The lowest BCUT2D eigenvalue weighted by molar-refractivity contribution is -0.148. The molecule has 1 fully saturated rings. The largest absolute Gasteiger partial charge is 0.508 e. The third kappa shape index (κ3) is 7.31. The molecule has 0 saturated carbocycles. The van der Waals surface area contributed by atoms with Crippen LogP contribution < -0.4 is 10.6 Å². The van der Waals surface area contributed by atoms with E-state index >= 15 is 0 Å². The molecule has 0 bridgehead atoms. The van der Waals surface area contributed by atoms with Crippen molar-refractivity contribution in [3.05, 3.63) is 65.7 Å². The van der Waals surface area contributed by atoms with E-state index in [2.05, 4.69) is 35.4 Å². The molecule has 2 aromatic rings. The van der Waals surface area contributed by atoms with Crippen molar-refractivity contribution in [2.75, 3.05) is 39.8 Å². The van der Waals surface area contributed by atoms with Gasteiger partial charge in [-0.25, -0.2) is 0 Å². The Labute approximate surface area is 213 Å². The molecule has 1 saturated heterocycles. The minimum atomic E-state index is -0.654. The van der Waals surface area contributed by atoms with Gasteiger partial charge in [0.2, 0.25) is 5.91 Å². The summed E-state index contributed by atoms with van der Waals surface area (Å²) in [7, 11) is 1.46. The van der Waals surface area contributed by atoms with E-state index < -0.39 is 11.9 Å². The number of benzene rings is 2. The molecule has 1 aliphatic heterocycles. The van der Waals surface area contributed by atoms with E-state index in [0.717, 1.165) is 30.6 Å². The van der Waals surface area contributed by atoms with Gasteiger partial charge in [0, 0.05) is 20.1 Å². The first kappa shape index (κ1) is 27.2. The van der Waals surface area contributed by atoms with Gasteiger partial charge < -0.3 is 25.4 Å². The quantitative estimate of drug-likeness (QED) is 0.437. The Morgan fingerprint density at radius 1 is 1.17 bits per heavy atom. The number of rotatable bonds is 10. The van der Waals surface area contributed by atoms with Crippen LogP contribution in [0.3, 0.4) is 0 Å². The van der Waals surface area contributed by atoms with E-state index in [1.54, 1.807) is 6.07 Å². The maximum atomic E-state index is 13.1. The lowest BCUT2D eigenvalue weighted by Gasteiger charge is -2.45. The first-order chi connectivity index (χ1) is 17.2. The van der Waals surface area contributed by atoms with Crippen molar-refractivity contribution in [1.29, 1.82) is 0 Å². The molecule has 3 N–H and O–H groups in total. The average Bonchev–Trinajstić information content (AvgIpc) is 2.88. The number of hydrogen-bond acceptors (Lipinski definition) is 6. The molecule has 2 amide bonds. The summed E-state index contributed by atoms with van der Waals surface area (Å²) in [5.74, 6) is -1.04. The SMILES string of the molecule is CNC(=O)COC(=O)CNC(=O)C(Cc1ccccc1)CN1CCC(C)(c2cccc(O)c2)C(C)C1. The Morgan fingerprint density at radius 3 is 2.58 bits per heavy atom. The average molecular weight is 496 g/mol. The highest BCUT2D eigenvalue weighted by atomic mass is 16.5. The molecule has 0 spiro atoms. The number of aromatic hydroxyl groups is 1. The summed E-state index contributed by atoms with van der Waals surface area (Å²) < 4.78 is 4.89. The number of esters is 1. The molecule has 3 unspecified atom stereocenters. The number of likely N-dealkylation sites (N-methyl/N-ethyl adjacent to an activating group) is 1. The molecule has 0 aliphatic carbocycles. The highest BCUT2D eigenvalue weighted by Crippen LogP contribution is 2.40. The van der Waals surface area contributed by atoms with Gasteiger partial charge in [-0.05, 0) is 54.0 Å². The zero-order valence-electron chi connectivity index (χ0n) is 21.3. The standard InChI is InChI=1S/C28H37N3O5/c1-20-17-31(13-12-28(20,2)23-10-7-11-24(32)15-23)18-22(14-21-8-5-4-6-9-21)27(35)30-16-26(34)36-19-25(33)29-3/h4-11,15,20,22,32H,12-14,16-19H2,1-3H3,(H,29,33)(H,30,35). The molecule has 0 radical (unpaired) electrons. The summed E-state index contributed by atoms with van der Waals surface area (Å²) in [4.78, 5) is 38.7. The van der Waals surface area contributed by atoms with Crippen molar-refractivity contribution in [2.24, 2.45) is 11.8 Å². The maximum absolute atomic E-state index is 13.1. The Morgan fingerprint density at radius 2 is 1.92 bits per heavy atom. The number of carbonyl (C=O) groups is 3. The molecule has 2 aromatic carbocycles. The second-order valence-electron chi connectivity index (χ2n) is 9.82. The third-order valence-electron chi connectivity index (χ3n) is 7.30. The fourth-order valence-corrected chi connectivity index (χ4v) is 4.80. The van der Waals surface area contributed by atoms with Gasteiger partial charge in [0.05, 0.1) is 5.92 Å². The van der Waals surface area contributed by atoms with Crippen molar-refractivity contribution in [1.82, 2.24) is 15.5 Å². The first-order valence-electron chi connectivity index (χ1n) is 12.4. The fourth-order valence-electron chi connectivity index (χ4n) is 4.80. The molecule has 8 nitrogen and oxygen atoms in total.